The average molecular weight is 189 g/mol. The molecule has 0 saturated heterocycles. The molecule has 0 amide bonds. The molecule has 0 aliphatic rings. The fraction of sp³-hybridized carbons (Fsp3) is 1.00. The summed E-state index contributed by atoms with van der Waals surface area (Å²) >= 11 is 0. The van der Waals surface area contributed by atoms with Crippen LogP contribution in [0.2, 0.25) is 0 Å². The average Bonchev–Trinajstić information content (AvgIpc) is 2.10. The number of rotatable bonds is 8. The van der Waals surface area contributed by atoms with Crippen molar-refractivity contribution in [3.8, 4) is 0 Å². The fourth-order valence-corrected chi connectivity index (χ4v) is 1.05. The van der Waals surface area contributed by atoms with Crippen LogP contribution in [-0.4, -0.2) is 39.0 Å². The Morgan fingerprint density at radius 3 is 2.23 bits per heavy atom. The van der Waals surface area contributed by atoms with Gasteiger partial charge in [0.05, 0.1) is 25.4 Å². The second kappa shape index (κ2) is 8.48. The van der Waals surface area contributed by atoms with Crippen LogP contribution < -0.4 is 5.32 Å². The predicted octanol–water partition coefficient (Wildman–Crippen LogP) is 1.43. The zero-order chi connectivity index (χ0) is 10.1. The summed E-state index contributed by atoms with van der Waals surface area (Å²) in [7, 11) is 1.94. The molecular weight excluding hydrogens is 166 g/mol. The molecule has 0 rings (SSSR count). The number of nitrogens with one attached hydrogen (secondary N) is 1. The van der Waals surface area contributed by atoms with Crippen molar-refractivity contribution < 1.29 is 9.47 Å². The summed E-state index contributed by atoms with van der Waals surface area (Å²) < 4.78 is 11.0. The highest BCUT2D eigenvalue weighted by Gasteiger charge is 2.04. The molecule has 0 heterocycles. The maximum atomic E-state index is 5.59. The third-order valence-electron chi connectivity index (χ3n) is 1.78. The first kappa shape index (κ1) is 12.9. The Kier molecular flexibility index (Phi) is 8.40. The Balaban J connectivity index is 3.27. The van der Waals surface area contributed by atoms with Crippen LogP contribution in [0.5, 0.6) is 0 Å². The number of hydrogen-bond donors (Lipinski definition) is 1. The van der Waals surface area contributed by atoms with Gasteiger partial charge in [0.25, 0.3) is 0 Å². The van der Waals surface area contributed by atoms with E-state index in [2.05, 4.69) is 12.2 Å². The SMILES string of the molecule is CCC(CNC)OCCOC(C)C. The highest BCUT2D eigenvalue weighted by Crippen LogP contribution is 1.96. The standard InChI is InChI=1S/C10H23NO2/c1-5-10(8-11-4)13-7-6-12-9(2)3/h9-11H,5-8H2,1-4H3. The molecule has 3 heteroatoms. The highest BCUT2D eigenvalue weighted by molar-refractivity contribution is 4.56. The molecule has 80 valence electrons. The van der Waals surface area contributed by atoms with E-state index in [1.54, 1.807) is 0 Å². The number of hydrogen-bond acceptors (Lipinski definition) is 3. The van der Waals surface area contributed by atoms with Gasteiger partial charge in [0.1, 0.15) is 0 Å². The predicted molar refractivity (Wildman–Crippen MR) is 55.0 cm³/mol. The molecule has 3 nitrogen and oxygen atoms in total. The lowest BCUT2D eigenvalue weighted by atomic mass is 10.3. The number of likely N-dealkylation sites (N-methyl/N-ethyl adjacent to an activating group) is 1. The fourth-order valence-electron chi connectivity index (χ4n) is 1.05. The van der Waals surface area contributed by atoms with E-state index < -0.39 is 0 Å². The molecule has 0 aromatic rings. The van der Waals surface area contributed by atoms with Gasteiger partial charge < -0.3 is 14.8 Å². The molecular formula is C10H23NO2. The van der Waals surface area contributed by atoms with Crippen molar-refractivity contribution >= 4 is 0 Å². The molecule has 1 atom stereocenters. The summed E-state index contributed by atoms with van der Waals surface area (Å²) in [5.41, 5.74) is 0. The summed E-state index contributed by atoms with van der Waals surface area (Å²) in [4.78, 5) is 0. The molecule has 0 spiro atoms. The molecule has 0 radical (unpaired) electrons. The zero-order valence-electron chi connectivity index (χ0n) is 9.30. The van der Waals surface area contributed by atoms with Crippen LogP contribution in [0.4, 0.5) is 0 Å². The van der Waals surface area contributed by atoms with Crippen LogP contribution >= 0.6 is 0 Å². The van der Waals surface area contributed by atoms with E-state index in [4.69, 9.17) is 9.47 Å². The van der Waals surface area contributed by atoms with Gasteiger partial charge in [0.2, 0.25) is 0 Å². The number of ether oxygens (including phenoxy) is 2. The van der Waals surface area contributed by atoms with E-state index in [0.29, 0.717) is 25.4 Å². The van der Waals surface area contributed by atoms with Gasteiger partial charge in [-0.15, -0.1) is 0 Å². The van der Waals surface area contributed by atoms with Gasteiger partial charge in [-0.1, -0.05) is 6.92 Å². The van der Waals surface area contributed by atoms with Crippen molar-refractivity contribution in [2.45, 2.75) is 39.4 Å². The smallest absolute Gasteiger partial charge is 0.0705 e. The molecule has 0 aliphatic carbocycles. The molecule has 1 unspecified atom stereocenters. The third-order valence-corrected chi connectivity index (χ3v) is 1.78. The van der Waals surface area contributed by atoms with Gasteiger partial charge in [-0.05, 0) is 27.3 Å². The second-order valence-electron chi connectivity index (χ2n) is 3.38. The van der Waals surface area contributed by atoms with Crippen LogP contribution in [0.15, 0.2) is 0 Å². The van der Waals surface area contributed by atoms with Crippen LogP contribution in [-0.2, 0) is 9.47 Å². The Labute approximate surface area is 81.8 Å². The lowest BCUT2D eigenvalue weighted by molar-refractivity contribution is -0.0125. The zero-order valence-corrected chi connectivity index (χ0v) is 9.30. The molecule has 0 aliphatic heterocycles. The van der Waals surface area contributed by atoms with E-state index >= 15 is 0 Å². The normalized spacial score (nSPS) is 13.6. The minimum absolute atomic E-state index is 0.299. The summed E-state index contributed by atoms with van der Waals surface area (Å²) in [6.45, 7) is 8.50. The van der Waals surface area contributed by atoms with Crippen LogP contribution in [0.1, 0.15) is 27.2 Å². The van der Waals surface area contributed by atoms with Crippen molar-refractivity contribution in [2.75, 3.05) is 26.8 Å². The Bertz CT molecular complexity index is 107. The Morgan fingerprint density at radius 2 is 1.77 bits per heavy atom. The van der Waals surface area contributed by atoms with Gasteiger partial charge in [-0.3, -0.25) is 0 Å². The minimum atomic E-state index is 0.299. The molecule has 0 aromatic heterocycles. The maximum Gasteiger partial charge on any atom is 0.0705 e. The third kappa shape index (κ3) is 8.22. The van der Waals surface area contributed by atoms with Gasteiger partial charge in [-0.2, -0.15) is 0 Å². The van der Waals surface area contributed by atoms with Crippen LogP contribution in [0.25, 0.3) is 0 Å². The molecule has 0 fully saturated rings. The first-order chi connectivity index (χ1) is 6.20. The monoisotopic (exact) mass is 189 g/mol. The van der Waals surface area contributed by atoms with Gasteiger partial charge in [0, 0.05) is 6.54 Å². The first-order valence-corrected chi connectivity index (χ1v) is 5.08. The van der Waals surface area contributed by atoms with Crippen molar-refractivity contribution in [3.05, 3.63) is 0 Å². The van der Waals surface area contributed by atoms with Crippen LogP contribution in [0.3, 0.4) is 0 Å². The van der Waals surface area contributed by atoms with Gasteiger partial charge >= 0.3 is 0 Å². The highest BCUT2D eigenvalue weighted by atomic mass is 16.5. The molecule has 0 bridgehead atoms. The summed E-state index contributed by atoms with van der Waals surface area (Å²) in [5, 5.41) is 3.10. The van der Waals surface area contributed by atoms with E-state index in [-0.39, 0.29) is 0 Å². The molecule has 13 heavy (non-hydrogen) atoms. The van der Waals surface area contributed by atoms with E-state index in [1.807, 2.05) is 20.9 Å². The van der Waals surface area contributed by atoms with Crippen molar-refractivity contribution in [1.82, 2.24) is 5.32 Å². The lowest BCUT2D eigenvalue weighted by Gasteiger charge is -2.16. The van der Waals surface area contributed by atoms with Crippen LogP contribution in [0, 0.1) is 0 Å². The first-order valence-electron chi connectivity index (χ1n) is 5.08. The summed E-state index contributed by atoms with van der Waals surface area (Å²) in [6.07, 6.45) is 1.66. The van der Waals surface area contributed by atoms with Crippen molar-refractivity contribution in [3.63, 3.8) is 0 Å². The summed E-state index contributed by atoms with van der Waals surface area (Å²) in [5.74, 6) is 0. The quantitative estimate of drug-likeness (QED) is 0.586. The Morgan fingerprint density at radius 1 is 1.15 bits per heavy atom. The topological polar surface area (TPSA) is 30.5 Å². The van der Waals surface area contributed by atoms with Gasteiger partial charge in [-0.25, -0.2) is 0 Å². The van der Waals surface area contributed by atoms with E-state index in [1.165, 1.54) is 0 Å². The summed E-state index contributed by atoms with van der Waals surface area (Å²) in [6, 6.07) is 0. The van der Waals surface area contributed by atoms with E-state index in [0.717, 1.165) is 13.0 Å². The minimum Gasteiger partial charge on any atom is -0.376 e. The molecule has 0 aromatic carbocycles. The van der Waals surface area contributed by atoms with E-state index in [9.17, 15) is 0 Å². The van der Waals surface area contributed by atoms with Crippen molar-refractivity contribution in [1.29, 1.82) is 0 Å². The van der Waals surface area contributed by atoms with Crippen molar-refractivity contribution in [2.24, 2.45) is 0 Å². The lowest BCUT2D eigenvalue weighted by Crippen LogP contribution is -2.27. The molecule has 0 saturated carbocycles. The maximum absolute atomic E-state index is 5.59. The Hall–Kier alpha value is -0.120. The van der Waals surface area contributed by atoms with Gasteiger partial charge in [0.15, 0.2) is 0 Å². The second-order valence-corrected chi connectivity index (χ2v) is 3.38. The molecule has 1 N–H and O–H groups in total. The largest absolute Gasteiger partial charge is 0.376 e.